The number of hydrogen-bond acceptors (Lipinski definition) is 1. The van der Waals surface area contributed by atoms with Gasteiger partial charge in [0, 0.05) is 14.5 Å². The van der Waals surface area contributed by atoms with Crippen LogP contribution in [-0.4, -0.2) is 9.97 Å². The van der Waals surface area contributed by atoms with Crippen molar-refractivity contribution in [2.24, 2.45) is 0 Å². The molecule has 3 aromatic rings. The monoisotopic (exact) mass is 378 g/mol. The number of halogens is 2. The molecule has 1 heterocycles. The van der Waals surface area contributed by atoms with Crippen LogP contribution in [0, 0.1) is 0 Å². The molecule has 0 fully saturated rings. The lowest BCUT2D eigenvalue weighted by Gasteiger charge is -1.99. The minimum atomic E-state index is 0.894. The lowest BCUT2D eigenvalue weighted by Crippen LogP contribution is -1.81. The molecular weight excluding hydrogens is 368 g/mol. The third kappa shape index (κ3) is 2.60. The van der Waals surface area contributed by atoms with Crippen molar-refractivity contribution in [3.63, 3.8) is 0 Å². The summed E-state index contributed by atoms with van der Waals surface area (Å²) in [5, 5.41) is 0. The summed E-state index contributed by atoms with van der Waals surface area (Å²) >= 11 is 7.01. The molecule has 0 atom stereocenters. The smallest absolute Gasteiger partial charge is 0.138 e. The summed E-state index contributed by atoms with van der Waals surface area (Å²) in [6.45, 7) is 2.16. The molecule has 0 radical (unpaired) electrons. The van der Waals surface area contributed by atoms with Crippen LogP contribution in [0.25, 0.3) is 22.4 Å². The Labute approximate surface area is 128 Å². The van der Waals surface area contributed by atoms with Crippen molar-refractivity contribution in [3.05, 3.63) is 50.9 Å². The van der Waals surface area contributed by atoms with Gasteiger partial charge in [-0.15, -0.1) is 0 Å². The number of aromatic nitrogens is 2. The molecule has 0 aliphatic heterocycles. The van der Waals surface area contributed by atoms with Gasteiger partial charge in [0.1, 0.15) is 5.82 Å². The number of aryl methyl sites for hydroxylation is 1. The van der Waals surface area contributed by atoms with Gasteiger partial charge < -0.3 is 4.98 Å². The van der Waals surface area contributed by atoms with Gasteiger partial charge in [0.2, 0.25) is 0 Å². The van der Waals surface area contributed by atoms with E-state index < -0.39 is 0 Å². The van der Waals surface area contributed by atoms with Gasteiger partial charge in [0.05, 0.1) is 11.0 Å². The minimum Gasteiger partial charge on any atom is -0.338 e. The van der Waals surface area contributed by atoms with Gasteiger partial charge >= 0.3 is 0 Å². The number of imidazole rings is 1. The molecule has 19 heavy (non-hydrogen) atoms. The largest absolute Gasteiger partial charge is 0.338 e. The topological polar surface area (TPSA) is 28.7 Å². The fourth-order valence-corrected chi connectivity index (χ4v) is 3.40. The molecule has 96 valence electrons. The van der Waals surface area contributed by atoms with Crippen LogP contribution in [0.4, 0.5) is 0 Å². The van der Waals surface area contributed by atoms with Crippen LogP contribution in [0.5, 0.6) is 0 Å². The molecule has 0 saturated carbocycles. The molecule has 3 rings (SSSR count). The van der Waals surface area contributed by atoms with E-state index in [9.17, 15) is 0 Å². The van der Waals surface area contributed by atoms with Crippen molar-refractivity contribution in [3.8, 4) is 11.4 Å². The molecule has 0 amide bonds. The first kappa shape index (κ1) is 12.9. The maximum absolute atomic E-state index is 4.64. The van der Waals surface area contributed by atoms with Crippen LogP contribution >= 0.6 is 31.9 Å². The average Bonchev–Trinajstić information content (AvgIpc) is 2.80. The first-order chi connectivity index (χ1) is 9.15. The minimum absolute atomic E-state index is 0.894. The molecule has 0 unspecified atom stereocenters. The maximum Gasteiger partial charge on any atom is 0.138 e. The second-order valence-electron chi connectivity index (χ2n) is 4.45. The van der Waals surface area contributed by atoms with Crippen LogP contribution in [0.1, 0.15) is 12.5 Å². The number of benzene rings is 2. The van der Waals surface area contributed by atoms with E-state index >= 15 is 0 Å². The highest BCUT2D eigenvalue weighted by molar-refractivity contribution is 9.11. The Morgan fingerprint density at radius 2 is 1.79 bits per heavy atom. The average molecular weight is 380 g/mol. The molecule has 2 aromatic carbocycles. The van der Waals surface area contributed by atoms with Crippen molar-refractivity contribution in [2.75, 3.05) is 0 Å². The fourth-order valence-electron chi connectivity index (χ4n) is 2.10. The molecule has 0 bridgehead atoms. The predicted molar refractivity (Wildman–Crippen MR) is 86.3 cm³/mol. The van der Waals surface area contributed by atoms with Crippen molar-refractivity contribution >= 4 is 42.9 Å². The van der Waals surface area contributed by atoms with E-state index in [0.717, 1.165) is 37.8 Å². The SMILES string of the molecule is CCc1ccc2nc(-c3cc(Br)cc(Br)c3)[nH]c2c1. The van der Waals surface area contributed by atoms with E-state index in [-0.39, 0.29) is 0 Å². The lowest BCUT2D eigenvalue weighted by atomic mass is 10.1. The Morgan fingerprint density at radius 3 is 2.47 bits per heavy atom. The van der Waals surface area contributed by atoms with Gasteiger partial charge in [-0.3, -0.25) is 0 Å². The van der Waals surface area contributed by atoms with E-state index in [4.69, 9.17) is 0 Å². The lowest BCUT2D eigenvalue weighted by molar-refractivity contribution is 1.14. The van der Waals surface area contributed by atoms with Gasteiger partial charge in [0.15, 0.2) is 0 Å². The number of aromatic amines is 1. The highest BCUT2D eigenvalue weighted by Crippen LogP contribution is 2.27. The van der Waals surface area contributed by atoms with E-state index in [0.29, 0.717) is 0 Å². The quantitative estimate of drug-likeness (QED) is 0.641. The van der Waals surface area contributed by atoms with E-state index in [2.05, 4.69) is 79.1 Å². The highest BCUT2D eigenvalue weighted by Gasteiger charge is 2.07. The Kier molecular flexibility index (Phi) is 3.46. The predicted octanol–water partition coefficient (Wildman–Crippen LogP) is 5.32. The van der Waals surface area contributed by atoms with Crippen LogP contribution < -0.4 is 0 Å². The van der Waals surface area contributed by atoms with E-state index in [1.165, 1.54) is 5.56 Å². The summed E-state index contributed by atoms with van der Waals surface area (Å²) in [4.78, 5) is 8.03. The third-order valence-electron chi connectivity index (χ3n) is 3.09. The second-order valence-corrected chi connectivity index (χ2v) is 6.28. The Morgan fingerprint density at radius 1 is 1.05 bits per heavy atom. The number of hydrogen-bond donors (Lipinski definition) is 1. The first-order valence-electron chi connectivity index (χ1n) is 6.11. The number of H-pyrrole nitrogens is 1. The van der Waals surface area contributed by atoms with Crippen LogP contribution in [0.15, 0.2) is 45.3 Å². The first-order valence-corrected chi connectivity index (χ1v) is 7.69. The highest BCUT2D eigenvalue weighted by atomic mass is 79.9. The molecular formula is C15H12Br2N2. The standard InChI is InChI=1S/C15H12Br2N2/c1-2-9-3-4-13-14(5-9)19-15(18-13)10-6-11(16)8-12(17)7-10/h3-8H,2H2,1H3,(H,18,19). The molecule has 1 aromatic heterocycles. The second kappa shape index (κ2) is 5.10. The molecule has 0 aliphatic rings. The Bertz CT molecular complexity index is 727. The number of fused-ring (bicyclic) bond motifs is 1. The summed E-state index contributed by atoms with van der Waals surface area (Å²) in [6.07, 6.45) is 1.03. The zero-order valence-corrected chi connectivity index (χ0v) is 13.5. The van der Waals surface area contributed by atoms with E-state index in [1.807, 2.05) is 6.07 Å². The summed E-state index contributed by atoms with van der Waals surface area (Å²) in [7, 11) is 0. The summed E-state index contributed by atoms with van der Waals surface area (Å²) in [6, 6.07) is 12.5. The molecule has 4 heteroatoms. The fraction of sp³-hybridized carbons (Fsp3) is 0.133. The Balaban J connectivity index is 2.14. The van der Waals surface area contributed by atoms with Gasteiger partial charge in [-0.1, -0.05) is 44.8 Å². The normalized spacial score (nSPS) is 11.1. The van der Waals surface area contributed by atoms with Crippen molar-refractivity contribution in [2.45, 2.75) is 13.3 Å². The zero-order valence-electron chi connectivity index (χ0n) is 10.4. The van der Waals surface area contributed by atoms with Crippen molar-refractivity contribution in [1.29, 1.82) is 0 Å². The van der Waals surface area contributed by atoms with Crippen LogP contribution in [-0.2, 0) is 6.42 Å². The molecule has 0 aliphatic carbocycles. The maximum atomic E-state index is 4.64. The number of nitrogens with zero attached hydrogens (tertiary/aromatic N) is 1. The van der Waals surface area contributed by atoms with Gasteiger partial charge in [-0.25, -0.2) is 4.98 Å². The van der Waals surface area contributed by atoms with Gasteiger partial charge in [-0.2, -0.15) is 0 Å². The Hall–Kier alpha value is -1.13. The van der Waals surface area contributed by atoms with E-state index in [1.54, 1.807) is 0 Å². The molecule has 2 nitrogen and oxygen atoms in total. The van der Waals surface area contributed by atoms with Gasteiger partial charge in [-0.05, 0) is 42.3 Å². The molecule has 0 spiro atoms. The van der Waals surface area contributed by atoms with Crippen LogP contribution in [0.2, 0.25) is 0 Å². The summed E-state index contributed by atoms with van der Waals surface area (Å²) in [5.74, 6) is 0.894. The zero-order chi connectivity index (χ0) is 13.4. The van der Waals surface area contributed by atoms with Crippen molar-refractivity contribution < 1.29 is 0 Å². The molecule has 0 saturated heterocycles. The molecule has 1 N–H and O–H groups in total. The summed E-state index contributed by atoms with van der Waals surface area (Å²) < 4.78 is 2.07. The number of nitrogens with one attached hydrogen (secondary N) is 1. The third-order valence-corrected chi connectivity index (χ3v) is 4.01. The van der Waals surface area contributed by atoms with Crippen molar-refractivity contribution in [1.82, 2.24) is 9.97 Å². The van der Waals surface area contributed by atoms with Gasteiger partial charge in [0.25, 0.3) is 0 Å². The summed E-state index contributed by atoms with van der Waals surface area (Å²) in [5.41, 5.74) is 4.47. The van der Waals surface area contributed by atoms with Crippen LogP contribution in [0.3, 0.4) is 0 Å². The number of rotatable bonds is 2.